The lowest BCUT2D eigenvalue weighted by Gasteiger charge is -2.20. The van der Waals surface area contributed by atoms with Crippen molar-refractivity contribution in [3.63, 3.8) is 0 Å². The van der Waals surface area contributed by atoms with Crippen LogP contribution in [-0.4, -0.2) is 66.3 Å². The van der Waals surface area contributed by atoms with Crippen LogP contribution in [0, 0.1) is 0 Å². The number of carbonyl (C=O) groups excluding carboxylic acids is 1. The Labute approximate surface area is 311 Å². The lowest BCUT2D eigenvalue weighted by Crippen LogP contribution is -2.29. The summed E-state index contributed by atoms with van der Waals surface area (Å²) in [6.07, 6.45) is 40.7. The average molecular weight is 743 g/mol. The third kappa shape index (κ3) is 38.0. The van der Waals surface area contributed by atoms with Crippen molar-refractivity contribution in [3.8, 4) is 0 Å². The Morgan fingerprint density at radius 2 is 1.12 bits per heavy atom. The fraction of sp³-hybridized carbons (Fsp3) is 0.780. The average Bonchev–Trinajstić information content (AvgIpc) is 3.12. The molecule has 0 aliphatic carbocycles. The summed E-state index contributed by atoms with van der Waals surface area (Å²) in [5, 5.41) is 18.3. The normalized spacial score (nSPS) is 14.7. The minimum absolute atomic E-state index is 0.0397. The molecule has 10 heteroatoms. The summed E-state index contributed by atoms with van der Waals surface area (Å²) in [5.41, 5.74) is 0. The molecule has 0 fully saturated rings. The zero-order chi connectivity index (χ0) is 37.5. The van der Waals surface area contributed by atoms with E-state index in [9.17, 15) is 19.4 Å². The van der Waals surface area contributed by atoms with Gasteiger partial charge in [-0.3, -0.25) is 13.8 Å². The molecule has 0 saturated carbocycles. The minimum Gasteiger partial charge on any atom is -0.457 e. The van der Waals surface area contributed by atoms with Crippen molar-refractivity contribution in [2.24, 2.45) is 0 Å². The lowest BCUT2D eigenvalue weighted by atomic mass is 10.1. The van der Waals surface area contributed by atoms with E-state index >= 15 is 0 Å². The summed E-state index contributed by atoms with van der Waals surface area (Å²) >= 11 is 0. The van der Waals surface area contributed by atoms with Gasteiger partial charge in [-0.25, -0.2) is 4.57 Å². The maximum atomic E-state index is 12.5. The van der Waals surface area contributed by atoms with Gasteiger partial charge in [-0.2, -0.15) is 0 Å². The third-order valence-corrected chi connectivity index (χ3v) is 9.20. The van der Waals surface area contributed by atoms with Gasteiger partial charge in [0.1, 0.15) is 12.2 Å². The van der Waals surface area contributed by atoms with Crippen LogP contribution in [0.15, 0.2) is 48.6 Å². The van der Waals surface area contributed by atoms with Crippen LogP contribution in [-0.2, 0) is 27.9 Å². The standard InChI is InChI=1S/C41H75O9P/c1-3-5-7-9-11-13-15-17-18-19-20-21-22-24-26-28-30-32-34-47-37-40(38-49-51(45,46)48-36-39(43)35-42)50-41(44)33-31-29-27-25-23-16-14-12-10-8-6-4-2/h5,7,11-14,17-18,39-40,42-43H,3-4,6,8-10,15-16,19-38H2,1-2H3,(H,45,46)/b7-5-,13-11-,14-12-,18-17-. The highest BCUT2D eigenvalue weighted by molar-refractivity contribution is 7.47. The predicted octanol–water partition coefficient (Wildman–Crippen LogP) is 10.6. The monoisotopic (exact) mass is 743 g/mol. The van der Waals surface area contributed by atoms with E-state index in [2.05, 4.69) is 62.5 Å². The van der Waals surface area contributed by atoms with Gasteiger partial charge < -0.3 is 24.6 Å². The van der Waals surface area contributed by atoms with E-state index in [1.165, 1.54) is 57.8 Å². The van der Waals surface area contributed by atoms with Gasteiger partial charge in [0.15, 0.2) is 0 Å². The lowest BCUT2D eigenvalue weighted by molar-refractivity contribution is -0.154. The molecule has 0 radical (unpaired) electrons. The molecule has 0 aliphatic rings. The molecule has 0 aromatic heterocycles. The van der Waals surface area contributed by atoms with E-state index in [1.54, 1.807) is 0 Å². The number of aliphatic hydroxyl groups excluding tert-OH is 2. The Bertz CT molecular complexity index is 934. The summed E-state index contributed by atoms with van der Waals surface area (Å²) in [6, 6.07) is 0. The maximum absolute atomic E-state index is 12.5. The van der Waals surface area contributed by atoms with E-state index in [1.807, 2.05) is 0 Å². The molecule has 0 rings (SSSR count). The molecule has 0 heterocycles. The molecule has 0 bridgehead atoms. The quantitative estimate of drug-likeness (QED) is 0.0245. The first kappa shape index (κ1) is 49.4. The van der Waals surface area contributed by atoms with Gasteiger partial charge in [-0.1, -0.05) is 133 Å². The van der Waals surface area contributed by atoms with E-state index in [-0.39, 0.29) is 19.6 Å². The van der Waals surface area contributed by atoms with Gasteiger partial charge >= 0.3 is 13.8 Å². The zero-order valence-corrected chi connectivity index (χ0v) is 33.2. The molecule has 298 valence electrons. The largest absolute Gasteiger partial charge is 0.472 e. The number of esters is 1. The fourth-order valence-electron chi connectivity index (χ4n) is 5.19. The number of unbranched alkanes of at least 4 members (excludes halogenated alkanes) is 16. The van der Waals surface area contributed by atoms with Gasteiger partial charge in [0, 0.05) is 13.0 Å². The third-order valence-electron chi connectivity index (χ3n) is 8.25. The van der Waals surface area contributed by atoms with Crippen LogP contribution >= 0.6 is 7.82 Å². The summed E-state index contributed by atoms with van der Waals surface area (Å²) in [6.45, 7) is 3.34. The smallest absolute Gasteiger partial charge is 0.457 e. The Kier molecular flexibility index (Phi) is 37.0. The molecule has 0 aliphatic heterocycles. The molecule has 0 spiro atoms. The van der Waals surface area contributed by atoms with Crippen molar-refractivity contribution in [1.82, 2.24) is 0 Å². The molecule has 0 aromatic carbocycles. The summed E-state index contributed by atoms with van der Waals surface area (Å²) < 4.78 is 33.3. The Morgan fingerprint density at radius 3 is 1.71 bits per heavy atom. The van der Waals surface area contributed by atoms with Crippen LogP contribution in [0.5, 0.6) is 0 Å². The van der Waals surface area contributed by atoms with Crippen LogP contribution in [0.1, 0.15) is 162 Å². The van der Waals surface area contributed by atoms with E-state index < -0.39 is 39.2 Å². The van der Waals surface area contributed by atoms with Gasteiger partial charge in [0.25, 0.3) is 0 Å². The molecule has 0 amide bonds. The molecule has 3 N–H and O–H groups in total. The Morgan fingerprint density at radius 1 is 0.627 bits per heavy atom. The molecule has 3 atom stereocenters. The summed E-state index contributed by atoms with van der Waals surface area (Å²) in [5.74, 6) is -0.397. The number of phosphoric acid groups is 1. The summed E-state index contributed by atoms with van der Waals surface area (Å²) in [7, 11) is -4.52. The number of aliphatic hydroxyl groups is 2. The molecule has 0 saturated heterocycles. The number of ether oxygens (including phenoxy) is 2. The molecule has 0 aromatic rings. The van der Waals surface area contributed by atoms with Crippen molar-refractivity contribution in [2.75, 3.05) is 33.0 Å². The number of carbonyl (C=O) groups is 1. The Balaban J connectivity index is 4.20. The predicted molar refractivity (Wildman–Crippen MR) is 210 cm³/mol. The van der Waals surface area contributed by atoms with Crippen LogP contribution in [0.2, 0.25) is 0 Å². The molecule has 3 unspecified atom stereocenters. The van der Waals surface area contributed by atoms with Gasteiger partial charge in [-0.05, 0) is 70.6 Å². The highest BCUT2D eigenvalue weighted by Gasteiger charge is 2.26. The second kappa shape index (κ2) is 38.2. The van der Waals surface area contributed by atoms with Crippen molar-refractivity contribution in [3.05, 3.63) is 48.6 Å². The highest BCUT2D eigenvalue weighted by Crippen LogP contribution is 2.43. The number of hydrogen-bond donors (Lipinski definition) is 3. The number of phosphoric ester groups is 1. The van der Waals surface area contributed by atoms with Crippen LogP contribution in [0.25, 0.3) is 0 Å². The van der Waals surface area contributed by atoms with Crippen molar-refractivity contribution in [1.29, 1.82) is 0 Å². The van der Waals surface area contributed by atoms with Crippen LogP contribution in [0.3, 0.4) is 0 Å². The number of hydrogen-bond acceptors (Lipinski definition) is 8. The molecular formula is C41H75O9P. The molecular weight excluding hydrogens is 667 g/mol. The first-order valence-corrected chi connectivity index (χ1v) is 21.6. The van der Waals surface area contributed by atoms with Crippen molar-refractivity contribution < 1.29 is 43.0 Å². The van der Waals surface area contributed by atoms with E-state index in [0.29, 0.717) is 13.0 Å². The van der Waals surface area contributed by atoms with Gasteiger partial charge in [0.05, 0.1) is 26.4 Å². The first-order valence-electron chi connectivity index (χ1n) is 20.1. The van der Waals surface area contributed by atoms with E-state index in [4.69, 9.17) is 23.6 Å². The maximum Gasteiger partial charge on any atom is 0.472 e. The van der Waals surface area contributed by atoms with Gasteiger partial charge in [-0.15, -0.1) is 0 Å². The molecule has 9 nitrogen and oxygen atoms in total. The number of rotatable bonds is 38. The van der Waals surface area contributed by atoms with Crippen LogP contribution in [0.4, 0.5) is 0 Å². The second-order valence-corrected chi connectivity index (χ2v) is 14.7. The SMILES string of the molecule is CC/C=C\C/C=C\C/C=C\CCCCCCCCCCOCC(COP(=O)(O)OCC(O)CO)OC(=O)CCCCCCC/C=C\CCCCC. The van der Waals surface area contributed by atoms with Gasteiger partial charge in [0.2, 0.25) is 0 Å². The second-order valence-electron chi connectivity index (χ2n) is 13.3. The fourth-order valence-corrected chi connectivity index (χ4v) is 5.98. The molecule has 51 heavy (non-hydrogen) atoms. The first-order chi connectivity index (χ1) is 24.8. The van der Waals surface area contributed by atoms with Crippen LogP contribution < -0.4 is 0 Å². The van der Waals surface area contributed by atoms with E-state index in [0.717, 1.165) is 77.0 Å². The summed E-state index contributed by atoms with van der Waals surface area (Å²) in [4.78, 5) is 22.5. The number of allylic oxidation sites excluding steroid dienone is 8. The Hall–Kier alpha value is -1.58. The minimum atomic E-state index is -4.52. The van der Waals surface area contributed by atoms with Crippen molar-refractivity contribution in [2.45, 2.75) is 174 Å². The topological polar surface area (TPSA) is 132 Å². The zero-order valence-electron chi connectivity index (χ0n) is 32.3. The van der Waals surface area contributed by atoms with Crippen molar-refractivity contribution >= 4 is 13.8 Å². The highest BCUT2D eigenvalue weighted by atomic mass is 31.2.